The molecule has 1 aliphatic rings. The fourth-order valence-corrected chi connectivity index (χ4v) is 2.66. The Morgan fingerprint density at radius 1 is 1.45 bits per heavy atom. The van der Waals surface area contributed by atoms with Crippen LogP contribution in [0.2, 0.25) is 0 Å². The van der Waals surface area contributed by atoms with Gasteiger partial charge in [-0.1, -0.05) is 18.2 Å². The second-order valence-corrected chi connectivity index (χ2v) is 5.12. The minimum absolute atomic E-state index is 0.425. The number of rotatable bonds is 4. The Kier molecular flexibility index (Phi) is 4.06. The lowest BCUT2D eigenvalue weighted by atomic mass is 10.0. The number of aryl methyl sites for hydroxylation is 1. The maximum absolute atomic E-state index is 11.8. The summed E-state index contributed by atoms with van der Waals surface area (Å²) in [7, 11) is 0. The first-order chi connectivity index (χ1) is 10.7. The number of benzene rings is 1. The molecule has 7 heteroatoms. The number of para-hydroxylation sites is 1. The van der Waals surface area contributed by atoms with E-state index in [1.54, 1.807) is 17.1 Å². The van der Waals surface area contributed by atoms with Crippen LogP contribution in [0.4, 0.5) is 0 Å². The number of nitrogens with zero attached hydrogens (tertiary/aromatic N) is 4. The molecule has 116 valence electrons. The molecule has 0 bridgehead atoms. The molecule has 0 spiro atoms. The molecule has 1 atom stereocenters. The first-order valence-corrected chi connectivity index (χ1v) is 7.26. The predicted octanol–water partition coefficient (Wildman–Crippen LogP) is 1.32. The predicted molar refractivity (Wildman–Crippen MR) is 78.4 cm³/mol. The molecule has 2 heterocycles. The zero-order chi connectivity index (χ0) is 15.5. The van der Waals surface area contributed by atoms with E-state index >= 15 is 0 Å². The summed E-state index contributed by atoms with van der Waals surface area (Å²) in [5.74, 6) is -0.254. The summed E-state index contributed by atoms with van der Waals surface area (Å²) in [6.07, 6.45) is 1.68. The summed E-state index contributed by atoms with van der Waals surface area (Å²) in [5, 5.41) is 18.1. The molecule has 3 rings (SSSR count). The van der Waals surface area contributed by atoms with E-state index in [1.807, 2.05) is 30.0 Å². The normalized spacial score (nSPS) is 18.3. The quantitative estimate of drug-likeness (QED) is 0.917. The molecule has 1 aliphatic heterocycles. The number of hydrogen-bond acceptors (Lipinski definition) is 5. The molecule has 22 heavy (non-hydrogen) atoms. The van der Waals surface area contributed by atoms with Crippen molar-refractivity contribution in [2.45, 2.75) is 26.1 Å². The number of aromatic nitrogens is 3. The van der Waals surface area contributed by atoms with Gasteiger partial charge in [0.15, 0.2) is 0 Å². The summed E-state index contributed by atoms with van der Waals surface area (Å²) in [4.78, 5) is 15.2. The molecule has 0 amide bonds. The molecule has 0 fully saturated rings. The van der Waals surface area contributed by atoms with Crippen molar-refractivity contribution >= 4 is 5.97 Å². The van der Waals surface area contributed by atoms with Gasteiger partial charge in [-0.05, 0) is 13.0 Å². The van der Waals surface area contributed by atoms with Crippen molar-refractivity contribution in [3.63, 3.8) is 0 Å². The molecular weight excluding hydrogens is 284 g/mol. The number of carboxylic acid groups (broad SMARTS) is 1. The second-order valence-electron chi connectivity index (χ2n) is 5.12. The van der Waals surface area contributed by atoms with Gasteiger partial charge >= 0.3 is 5.97 Å². The van der Waals surface area contributed by atoms with Crippen molar-refractivity contribution in [2.75, 3.05) is 13.2 Å². The molecule has 0 saturated heterocycles. The zero-order valence-corrected chi connectivity index (χ0v) is 12.3. The molecule has 1 N–H and O–H groups in total. The zero-order valence-electron chi connectivity index (χ0n) is 12.3. The number of aliphatic carboxylic acids is 1. The van der Waals surface area contributed by atoms with Crippen molar-refractivity contribution in [3.05, 3.63) is 41.7 Å². The van der Waals surface area contributed by atoms with Gasteiger partial charge in [0.25, 0.3) is 0 Å². The lowest BCUT2D eigenvalue weighted by molar-refractivity contribution is -0.143. The largest absolute Gasteiger partial charge is 0.492 e. The maximum atomic E-state index is 11.8. The summed E-state index contributed by atoms with van der Waals surface area (Å²) in [6.45, 7) is 4.04. The highest BCUT2D eigenvalue weighted by Crippen LogP contribution is 2.32. The van der Waals surface area contributed by atoms with E-state index in [9.17, 15) is 9.90 Å². The van der Waals surface area contributed by atoms with E-state index in [0.717, 1.165) is 5.69 Å². The third kappa shape index (κ3) is 2.80. The van der Waals surface area contributed by atoms with Crippen LogP contribution in [0.25, 0.3) is 0 Å². The van der Waals surface area contributed by atoms with Gasteiger partial charge < -0.3 is 9.84 Å². The first-order valence-electron chi connectivity index (χ1n) is 7.26. The molecular formula is C15H18N4O3. The standard InChI is InChI=1S/C15H18N4O3/c1-2-19-16-9-11(17-19)10-18-7-8-22-13-6-4-3-5-12(13)14(18)15(20)21/h3-6,9,14H,2,7-8,10H2,1H3,(H,20,21). The topological polar surface area (TPSA) is 80.5 Å². The minimum Gasteiger partial charge on any atom is -0.492 e. The monoisotopic (exact) mass is 302 g/mol. The number of ether oxygens (including phenoxy) is 1. The Labute approximate surface area is 128 Å². The molecule has 0 aliphatic carbocycles. The summed E-state index contributed by atoms with van der Waals surface area (Å²) in [5.41, 5.74) is 1.43. The molecule has 1 aromatic heterocycles. The summed E-state index contributed by atoms with van der Waals surface area (Å²) < 4.78 is 5.68. The van der Waals surface area contributed by atoms with E-state index in [0.29, 0.717) is 37.6 Å². The fourth-order valence-electron chi connectivity index (χ4n) is 2.66. The van der Waals surface area contributed by atoms with Crippen molar-refractivity contribution in [3.8, 4) is 5.75 Å². The highest BCUT2D eigenvalue weighted by Gasteiger charge is 2.32. The highest BCUT2D eigenvalue weighted by atomic mass is 16.5. The van der Waals surface area contributed by atoms with Crippen molar-refractivity contribution in [1.29, 1.82) is 0 Å². The summed E-state index contributed by atoms with van der Waals surface area (Å²) >= 11 is 0. The van der Waals surface area contributed by atoms with Gasteiger partial charge in [0.1, 0.15) is 18.4 Å². The Bertz CT molecular complexity index is 670. The molecule has 2 aromatic rings. The van der Waals surface area contributed by atoms with Crippen LogP contribution in [-0.4, -0.2) is 44.1 Å². The van der Waals surface area contributed by atoms with Gasteiger partial charge in [0.2, 0.25) is 0 Å². The average Bonchev–Trinajstić information content (AvgIpc) is 2.87. The third-order valence-corrected chi connectivity index (χ3v) is 3.68. The number of carbonyl (C=O) groups is 1. The van der Waals surface area contributed by atoms with E-state index < -0.39 is 12.0 Å². The lowest BCUT2D eigenvalue weighted by Gasteiger charge is -2.25. The lowest BCUT2D eigenvalue weighted by Crippen LogP contribution is -2.34. The Morgan fingerprint density at radius 2 is 2.27 bits per heavy atom. The first kappa shape index (κ1) is 14.5. The van der Waals surface area contributed by atoms with E-state index in [4.69, 9.17) is 4.74 Å². The number of carboxylic acids is 1. The van der Waals surface area contributed by atoms with Crippen LogP contribution in [-0.2, 0) is 17.9 Å². The maximum Gasteiger partial charge on any atom is 0.325 e. The van der Waals surface area contributed by atoms with E-state index in [-0.39, 0.29) is 0 Å². The van der Waals surface area contributed by atoms with Crippen LogP contribution in [0, 0.1) is 0 Å². The van der Waals surface area contributed by atoms with E-state index in [2.05, 4.69) is 10.2 Å². The van der Waals surface area contributed by atoms with Crippen LogP contribution in [0.3, 0.4) is 0 Å². The van der Waals surface area contributed by atoms with Gasteiger partial charge in [-0.3, -0.25) is 9.69 Å². The van der Waals surface area contributed by atoms with Crippen LogP contribution >= 0.6 is 0 Å². The molecule has 7 nitrogen and oxygen atoms in total. The third-order valence-electron chi connectivity index (χ3n) is 3.68. The van der Waals surface area contributed by atoms with Gasteiger partial charge in [0.05, 0.1) is 18.4 Å². The SMILES string of the molecule is CCn1ncc(CN2CCOc3ccccc3C2C(=O)O)n1. The summed E-state index contributed by atoms with van der Waals surface area (Å²) in [6, 6.07) is 6.54. The fraction of sp³-hybridized carbons (Fsp3) is 0.400. The number of fused-ring (bicyclic) bond motifs is 1. The van der Waals surface area contributed by atoms with E-state index in [1.165, 1.54) is 0 Å². The highest BCUT2D eigenvalue weighted by molar-refractivity contribution is 5.76. The minimum atomic E-state index is -0.888. The Balaban J connectivity index is 1.90. The smallest absolute Gasteiger partial charge is 0.325 e. The Hall–Kier alpha value is -2.41. The van der Waals surface area contributed by atoms with Crippen molar-refractivity contribution in [2.24, 2.45) is 0 Å². The van der Waals surface area contributed by atoms with Gasteiger partial charge in [-0.15, -0.1) is 0 Å². The molecule has 1 aromatic carbocycles. The van der Waals surface area contributed by atoms with Crippen LogP contribution in [0.1, 0.15) is 24.2 Å². The van der Waals surface area contributed by atoms with Gasteiger partial charge in [0, 0.05) is 18.7 Å². The van der Waals surface area contributed by atoms with Crippen molar-refractivity contribution in [1.82, 2.24) is 19.9 Å². The van der Waals surface area contributed by atoms with Crippen LogP contribution in [0.15, 0.2) is 30.5 Å². The molecule has 0 saturated carbocycles. The van der Waals surface area contributed by atoms with Crippen LogP contribution in [0.5, 0.6) is 5.75 Å². The van der Waals surface area contributed by atoms with Crippen LogP contribution < -0.4 is 4.74 Å². The van der Waals surface area contributed by atoms with Gasteiger partial charge in [-0.25, -0.2) is 0 Å². The molecule has 1 unspecified atom stereocenters. The molecule has 0 radical (unpaired) electrons. The van der Waals surface area contributed by atoms with Gasteiger partial charge in [-0.2, -0.15) is 15.0 Å². The van der Waals surface area contributed by atoms with Crippen molar-refractivity contribution < 1.29 is 14.6 Å². The average molecular weight is 302 g/mol. The Morgan fingerprint density at radius 3 is 3.00 bits per heavy atom. The number of hydrogen-bond donors (Lipinski definition) is 1. The second kappa shape index (κ2) is 6.15.